The van der Waals surface area contributed by atoms with Crippen molar-refractivity contribution in [3.05, 3.63) is 52.1 Å². The van der Waals surface area contributed by atoms with Gasteiger partial charge in [0.05, 0.1) is 29.5 Å². The van der Waals surface area contributed by atoms with E-state index in [1.165, 1.54) is 18.1 Å². The lowest BCUT2D eigenvalue weighted by molar-refractivity contribution is -0.119. The SMILES string of the molecule is CC(=O)NC[C@H]1CN(c2ccc(/C=C/c3ccco3)c(F)c2Br)C(=O)O1. The Morgan fingerprint density at radius 2 is 2.23 bits per heavy atom. The Bertz CT molecular complexity index is 851. The molecule has 1 N–H and O–H groups in total. The zero-order valence-electron chi connectivity index (χ0n) is 13.9. The Morgan fingerprint density at radius 3 is 2.92 bits per heavy atom. The minimum absolute atomic E-state index is 0.163. The topological polar surface area (TPSA) is 71.8 Å². The molecule has 0 aliphatic carbocycles. The third-order valence-electron chi connectivity index (χ3n) is 3.81. The van der Waals surface area contributed by atoms with E-state index in [9.17, 15) is 14.0 Å². The van der Waals surface area contributed by atoms with Crippen molar-refractivity contribution in [2.75, 3.05) is 18.0 Å². The molecule has 2 amide bonds. The molecule has 3 rings (SSSR count). The van der Waals surface area contributed by atoms with E-state index < -0.39 is 18.0 Å². The Morgan fingerprint density at radius 1 is 1.42 bits per heavy atom. The molecule has 1 saturated heterocycles. The summed E-state index contributed by atoms with van der Waals surface area (Å²) >= 11 is 3.22. The van der Waals surface area contributed by atoms with Crippen LogP contribution in [0.5, 0.6) is 0 Å². The van der Waals surface area contributed by atoms with Gasteiger partial charge in [-0.25, -0.2) is 9.18 Å². The number of nitrogens with zero attached hydrogens (tertiary/aromatic N) is 1. The summed E-state index contributed by atoms with van der Waals surface area (Å²) < 4.78 is 25.2. The molecule has 0 bridgehead atoms. The molecule has 0 spiro atoms. The summed E-state index contributed by atoms with van der Waals surface area (Å²) in [6.07, 6.45) is 3.70. The summed E-state index contributed by atoms with van der Waals surface area (Å²) in [5.41, 5.74) is 0.715. The fraction of sp³-hybridized carbons (Fsp3) is 0.222. The molecule has 1 aromatic heterocycles. The van der Waals surface area contributed by atoms with Crippen molar-refractivity contribution < 1.29 is 23.1 Å². The monoisotopic (exact) mass is 422 g/mol. The Hall–Kier alpha value is -2.61. The van der Waals surface area contributed by atoms with E-state index in [-0.39, 0.29) is 23.5 Å². The van der Waals surface area contributed by atoms with Crippen molar-refractivity contribution in [2.24, 2.45) is 0 Å². The first-order chi connectivity index (χ1) is 12.5. The number of ether oxygens (including phenoxy) is 1. The van der Waals surface area contributed by atoms with Crippen LogP contribution in [0, 0.1) is 5.82 Å². The van der Waals surface area contributed by atoms with Gasteiger partial charge in [0.2, 0.25) is 5.91 Å². The van der Waals surface area contributed by atoms with E-state index in [0.29, 0.717) is 17.0 Å². The van der Waals surface area contributed by atoms with Gasteiger partial charge >= 0.3 is 6.09 Å². The van der Waals surface area contributed by atoms with Crippen LogP contribution < -0.4 is 10.2 Å². The Balaban J connectivity index is 1.77. The minimum atomic E-state index is -0.584. The molecular formula is C18H16BrFN2O4. The zero-order valence-corrected chi connectivity index (χ0v) is 15.5. The highest BCUT2D eigenvalue weighted by atomic mass is 79.9. The van der Waals surface area contributed by atoms with Gasteiger partial charge in [-0.15, -0.1) is 0 Å². The van der Waals surface area contributed by atoms with Crippen LogP contribution in [0.1, 0.15) is 18.2 Å². The number of benzene rings is 1. The van der Waals surface area contributed by atoms with Crippen LogP contribution in [-0.4, -0.2) is 31.2 Å². The van der Waals surface area contributed by atoms with Crippen molar-refractivity contribution in [1.82, 2.24) is 5.32 Å². The van der Waals surface area contributed by atoms with Gasteiger partial charge in [0.15, 0.2) is 0 Å². The molecule has 1 fully saturated rings. The van der Waals surface area contributed by atoms with Crippen LogP contribution in [0.3, 0.4) is 0 Å². The van der Waals surface area contributed by atoms with Crippen LogP contribution in [0.15, 0.2) is 39.4 Å². The number of amides is 2. The van der Waals surface area contributed by atoms with E-state index in [2.05, 4.69) is 21.2 Å². The smallest absolute Gasteiger partial charge is 0.414 e. The molecule has 2 aromatic rings. The number of nitrogens with one attached hydrogen (secondary N) is 1. The van der Waals surface area contributed by atoms with Crippen molar-refractivity contribution >= 4 is 45.8 Å². The van der Waals surface area contributed by atoms with Gasteiger partial charge in [-0.2, -0.15) is 0 Å². The highest BCUT2D eigenvalue weighted by Gasteiger charge is 2.34. The summed E-state index contributed by atoms with van der Waals surface area (Å²) in [5.74, 6) is -0.101. The molecule has 2 heterocycles. The van der Waals surface area contributed by atoms with Crippen molar-refractivity contribution in [3.63, 3.8) is 0 Å². The summed E-state index contributed by atoms with van der Waals surface area (Å²) in [5, 5.41) is 2.60. The number of carbonyl (C=O) groups excluding carboxylic acids is 2. The molecule has 1 atom stereocenters. The average molecular weight is 423 g/mol. The van der Waals surface area contributed by atoms with Gasteiger partial charge < -0.3 is 14.5 Å². The summed E-state index contributed by atoms with van der Waals surface area (Å²) in [7, 11) is 0. The largest absolute Gasteiger partial charge is 0.465 e. The maximum atomic E-state index is 14.7. The fourth-order valence-electron chi connectivity index (χ4n) is 2.53. The first-order valence-corrected chi connectivity index (χ1v) is 8.67. The van der Waals surface area contributed by atoms with Gasteiger partial charge in [-0.05, 0) is 52.3 Å². The third-order valence-corrected chi connectivity index (χ3v) is 4.56. The Labute approximate surface area is 157 Å². The number of halogens is 2. The summed E-state index contributed by atoms with van der Waals surface area (Å²) in [6, 6.07) is 6.71. The summed E-state index contributed by atoms with van der Waals surface area (Å²) in [6.45, 7) is 1.82. The number of carbonyl (C=O) groups is 2. The number of anilines is 1. The van der Waals surface area contributed by atoms with Gasteiger partial charge in [0.1, 0.15) is 17.7 Å². The molecule has 1 aliphatic rings. The van der Waals surface area contributed by atoms with Gasteiger partial charge in [-0.1, -0.05) is 0 Å². The van der Waals surface area contributed by atoms with Crippen LogP contribution in [0.4, 0.5) is 14.9 Å². The van der Waals surface area contributed by atoms with Crippen LogP contribution in [0.2, 0.25) is 0 Å². The van der Waals surface area contributed by atoms with Crippen molar-refractivity contribution in [2.45, 2.75) is 13.0 Å². The highest BCUT2D eigenvalue weighted by Crippen LogP contribution is 2.34. The first kappa shape index (κ1) is 18.2. The lowest BCUT2D eigenvalue weighted by Crippen LogP contribution is -2.33. The molecule has 136 valence electrons. The van der Waals surface area contributed by atoms with E-state index in [4.69, 9.17) is 9.15 Å². The molecule has 6 nitrogen and oxygen atoms in total. The van der Waals surface area contributed by atoms with Gasteiger partial charge in [0, 0.05) is 12.5 Å². The van der Waals surface area contributed by atoms with Crippen molar-refractivity contribution in [1.29, 1.82) is 0 Å². The lowest BCUT2D eigenvalue weighted by Gasteiger charge is -2.16. The fourth-order valence-corrected chi connectivity index (χ4v) is 3.11. The molecule has 8 heteroatoms. The molecule has 0 radical (unpaired) electrons. The highest BCUT2D eigenvalue weighted by molar-refractivity contribution is 9.10. The maximum Gasteiger partial charge on any atom is 0.414 e. The minimum Gasteiger partial charge on any atom is -0.465 e. The van der Waals surface area contributed by atoms with E-state index in [0.717, 1.165) is 0 Å². The molecule has 0 unspecified atom stereocenters. The molecule has 1 aliphatic heterocycles. The number of hydrogen-bond acceptors (Lipinski definition) is 4. The standard InChI is InChI=1S/C18H16BrFN2O4/c1-11(23)21-9-14-10-22(18(24)26-14)15-7-5-12(17(20)16(15)19)4-6-13-3-2-8-25-13/h2-8,14H,9-10H2,1H3,(H,21,23)/b6-4+/t14-/m0/s1. The second-order valence-electron chi connectivity index (χ2n) is 5.70. The van der Waals surface area contributed by atoms with E-state index in [1.807, 2.05) is 0 Å². The average Bonchev–Trinajstić information content (AvgIpc) is 3.24. The Kier molecular flexibility index (Phi) is 5.41. The van der Waals surface area contributed by atoms with Gasteiger partial charge in [0.25, 0.3) is 0 Å². The summed E-state index contributed by atoms with van der Waals surface area (Å²) in [4.78, 5) is 24.4. The number of rotatable bonds is 5. The second-order valence-corrected chi connectivity index (χ2v) is 6.50. The second kappa shape index (κ2) is 7.74. The number of cyclic esters (lactones) is 1. The quantitative estimate of drug-likeness (QED) is 0.794. The normalized spacial score (nSPS) is 17.0. The zero-order chi connectivity index (χ0) is 18.7. The number of furan rings is 1. The molecule has 0 saturated carbocycles. The maximum absolute atomic E-state index is 14.7. The van der Waals surface area contributed by atoms with Crippen LogP contribution >= 0.6 is 15.9 Å². The first-order valence-electron chi connectivity index (χ1n) is 7.88. The van der Waals surface area contributed by atoms with Gasteiger partial charge in [-0.3, -0.25) is 9.69 Å². The van der Waals surface area contributed by atoms with Crippen LogP contribution in [0.25, 0.3) is 12.2 Å². The number of hydrogen-bond donors (Lipinski definition) is 1. The molecular weight excluding hydrogens is 407 g/mol. The predicted octanol–water partition coefficient (Wildman–Crippen LogP) is 3.81. The predicted molar refractivity (Wildman–Crippen MR) is 98.0 cm³/mol. The van der Waals surface area contributed by atoms with Crippen molar-refractivity contribution in [3.8, 4) is 0 Å². The molecule has 26 heavy (non-hydrogen) atoms. The van der Waals surface area contributed by atoms with E-state index in [1.54, 1.807) is 36.4 Å². The lowest BCUT2D eigenvalue weighted by atomic mass is 10.1. The van der Waals surface area contributed by atoms with Crippen LogP contribution in [-0.2, 0) is 9.53 Å². The molecule has 1 aromatic carbocycles. The van der Waals surface area contributed by atoms with E-state index >= 15 is 0 Å². The third kappa shape index (κ3) is 3.96.